The van der Waals surface area contributed by atoms with Gasteiger partial charge in [-0.2, -0.15) is 0 Å². The van der Waals surface area contributed by atoms with Crippen molar-refractivity contribution in [2.45, 2.75) is 32.4 Å². The summed E-state index contributed by atoms with van der Waals surface area (Å²) in [4.78, 5) is 36.8. The molecule has 1 aliphatic rings. The van der Waals surface area contributed by atoms with Crippen molar-refractivity contribution in [2.75, 3.05) is 19.7 Å². The van der Waals surface area contributed by atoms with Crippen LogP contribution in [0.1, 0.15) is 25.3 Å². The Labute approximate surface area is 151 Å². The predicted octanol–water partition coefficient (Wildman–Crippen LogP) is 1.69. The van der Waals surface area contributed by atoms with E-state index < -0.39 is 6.03 Å². The molecular formula is C17H22ClN3O4. The van der Waals surface area contributed by atoms with E-state index in [1.807, 2.05) is 18.2 Å². The molecule has 0 aliphatic carbocycles. The second-order valence-electron chi connectivity index (χ2n) is 5.72. The minimum atomic E-state index is -0.401. The summed E-state index contributed by atoms with van der Waals surface area (Å²) in [5, 5.41) is 5.95. The highest BCUT2D eigenvalue weighted by molar-refractivity contribution is 6.31. The smallest absolute Gasteiger partial charge is 0.315 e. The summed E-state index contributed by atoms with van der Waals surface area (Å²) in [6.45, 7) is 3.07. The number of urea groups is 1. The number of esters is 1. The van der Waals surface area contributed by atoms with Crippen LogP contribution in [0.15, 0.2) is 24.3 Å². The fourth-order valence-electron chi connectivity index (χ4n) is 2.60. The number of nitrogens with zero attached hydrogens (tertiary/aromatic N) is 1. The average molecular weight is 368 g/mol. The molecule has 0 aromatic heterocycles. The molecule has 2 rings (SSSR count). The van der Waals surface area contributed by atoms with E-state index in [4.69, 9.17) is 16.3 Å². The molecule has 0 radical (unpaired) electrons. The van der Waals surface area contributed by atoms with Crippen LogP contribution in [0.2, 0.25) is 5.02 Å². The Hall–Kier alpha value is -2.28. The minimum Gasteiger partial charge on any atom is -0.466 e. The topological polar surface area (TPSA) is 87.7 Å². The maximum Gasteiger partial charge on any atom is 0.315 e. The molecule has 0 spiro atoms. The molecule has 1 aromatic rings. The lowest BCUT2D eigenvalue weighted by Gasteiger charge is -2.18. The van der Waals surface area contributed by atoms with E-state index in [2.05, 4.69) is 10.6 Å². The highest BCUT2D eigenvalue weighted by Gasteiger charge is 2.30. The molecule has 8 heteroatoms. The van der Waals surface area contributed by atoms with Crippen molar-refractivity contribution in [3.8, 4) is 0 Å². The Balaban J connectivity index is 1.75. The number of rotatable bonds is 7. The van der Waals surface area contributed by atoms with E-state index in [0.717, 1.165) is 5.56 Å². The number of ether oxygens (including phenoxy) is 1. The Morgan fingerprint density at radius 1 is 1.36 bits per heavy atom. The average Bonchev–Trinajstić information content (AvgIpc) is 2.89. The van der Waals surface area contributed by atoms with Crippen LogP contribution in [0.5, 0.6) is 0 Å². The third-order valence-corrected chi connectivity index (χ3v) is 4.16. The van der Waals surface area contributed by atoms with Crippen LogP contribution in [-0.2, 0) is 20.9 Å². The number of amides is 3. The van der Waals surface area contributed by atoms with Crippen LogP contribution in [-0.4, -0.2) is 48.5 Å². The molecule has 1 heterocycles. The summed E-state index contributed by atoms with van der Waals surface area (Å²) < 4.78 is 4.78. The molecule has 1 fully saturated rings. The van der Waals surface area contributed by atoms with Crippen LogP contribution in [0, 0.1) is 0 Å². The number of halogens is 1. The number of hydrogen-bond acceptors (Lipinski definition) is 4. The second kappa shape index (κ2) is 9.27. The van der Waals surface area contributed by atoms with Gasteiger partial charge in [-0.3, -0.25) is 9.59 Å². The lowest BCUT2D eigenvalue weighted by molar-refractivity contribution is -0.142. The molecule has 25 heavy (non-hydrogen) atoms. The summed E-state index contributed by atoms with van der Waals surface area (Å²) in [6, 6.07) is 6.69. The number of carbonyl (C=O) groups is 3. The van der Waals surface area contributed by atoms with Crippen molar-refractivity contribution in [3.05, 3.63) is 34.9 Å². The highest BCUT2D eigenvalue weighted by Crippen LogP contribution is 2.20. The van der Waals surface area contributed by atoms with E-state index >= 15 is 0 Å². The maximum atomic E-state index is 12.1. The predicted molar refractivity (Wildman–Crippen MR) is 93.1 cm³/mol. The minimum absolute atomic E-state index is 0.0308. The Morgan fingerprint density at radius 2 is 2.12 bits per heavy atom. The molecule has 136 valence electrons. The number of hydrogen-bond donors (Lipinski definition) is 2. The van der Waals surface area contributed by atoms with E-state index in [9.17, 15) is 14.4 Å². The van der Waals surface area contributed by atoms with Gasteiger partial charge in [0.2, 0.25) is 5.91 Å². The Bertz CT molecular complexity index is 638. The summed E-state index contributed by atoms with van der Waals surface area (Å²) in [5.41, 5.74) is 0.872. The van der Waals surface area contributed by atoms with E-state index in [0.29, 0.717) is 24.7 Å². The summed E-state index contributed by atoms with van der Waals surface area (Å²) in [6.07, 6.45) is 0.360. The first kappa shape index (κ1) is 19.1. The third kappa shape index (κ3) is 5.94. The molecule has 0 unspecified atom stereocenters. The van der Waals surface area contributed by atoms with Gasteiger partial charge < -0.3 is 20.3 Å². The van der Waals surface area contributed by atoms with Gasteiger partial charge in [0.25, 0.3) is 0 Å². The number of likely N-dealkylation sites (tertiary alicyclic amines) is 1. The van der Waals surface area contributed by atoms with Crippen LogP contribution < -0.4 is 10.6 Å². The molecule has 1 aromatic carbocycles. The van der Waals surface area contributed by atoms with Gasteiger partial charge in [-0.1, -0.05) is 29.8 Å². The monoisotopic (exact) mass is 367 g/mol. The zero-order valence-electron chi connectivity index (χ0n) is 14.1. The van der Waals surface area contributed by atoms with Gasteiger partial charge >= 0.3 is 12.0 Å². The van der Waals surface area contributed by atoms with Crippen molar-refractivity contribution in [2.24, 2.45) is 0 Å². The van der Waals surface area contributed by atoms with E-state index in [1.54, 1.807) is 17.9 Å². The van der Waals surface area contributed by atoms with Crippen molar-refractivity contribution in [1.29, 1.82) is 0 Å². The van der Waals surface area contributed by atoms with Gasteiger partial charge in [0.1, 0.15) is 0 Å². The molecular weight excluding hydrogens is 346 g/mol. The first-order chi connectivity index (χ1) is 12.0. The van der Waals surface area contributed by atoms with Gasteiger partial charge in [-0.05, 0) is 18.6 Å². The van der Waals surface area contributed by atoms with Crippen LogP contribution in [0.4, 0.5) is 4.79 Å². The number of nitrogens with one attached hydrogen (secondary N) is 2. The van der Waals surface area contributed by atoms with Crippen molar-refractivity contribution >= 4 is 29.5 Å². The summed E-state index contributed by atoms with van der Waals surface area (Å²) >= 11 is 6.12. The standard InChI is InChI=1S/C17H22ClN3O4/c1-2-25-16(23)7-8-19-17(24)20-13-9-15(22)21(11-13)10-12-5-3-4-6-14(12)18/h3-6,13H,2,7-11H2,1H3,(H2,19,20,24)/t13-/m1/s1. The fourth-order valence-corrected chi connectivity index (χ4v) is 2.80. The summed E-state index contributed by atoms with van der Waals surface area (Å²) in [7, 11) is 0. The van der Waals surface area contributed by atoms with Crippen LogP contribution >= 0.6 is 11.6 Å². The first-order valence-corrected chi connectivity index (χ1v) is 8.58. The van der Waals surface area contributed by atoms with Crippen molar-refractivity contribution < 1.29 is 19.1 Å². The molecule has 1 saturated heterocycles. The third-order valence-electron chi connectivity index (χ3n) is 3.79. The summed E-state index contributed by atoms with van der Waals surface area (Å²) in [5.74, 6) is -0.387. The van der Waals surface area contributed by atoms with Crippen LogP contribution in [0.3, 0.4) is 0 Å². The lowest BCUT2D eigenvalue weighted by atomic mass is 10.2. The number of carbonyl (C=O) groups excluding carboxylic acids is 3. The Kier molecular flexibility index (Phi) is 7.06. The number of benzene rings is 1. The zero-order valence-corrected chi connectivity index (χ0v) is 14.8. The van der Waals surface area contributed by atoms with Gasteiger partial charge in [0.05, 0.1) is 19.1 Å². The Morgan fingerprint density at radius 3 is 2.84 bits per heavy atom. The van der Waals surface area contributed by atoms with Crippen molar-refractivity contribution in [3.63, 3.8) is 0 Å². The SMILES string of the molecule is CCOC(=O)CCNC(=O)N[C@@H]1CC(=O)N(Cc2ccccc2Cl)C1. The quantitative estimate of drug-likeness (QED) is 0.718. The molecule has 2 N–H and O–H groups in total. The van der Waals surface area contributed by atoms with E-state index in [-0.39, 0.29) is 37.3 Å². The van der Waals surface area contributed by atoms with Gasteiger partial charge in [-0.15, -0.1) is 0 Å². The van der Waals surface area contributed by atoms with Gasteiger partial charge in [-0.25, -0.2) is 4.79 Å². The van der Waals surface area contributed by atoms with Crippen LogP contribution in [0.25, 0.3) is 0 Å². The molecule has 3 amide bonds. The molecule has 7 nitrogen and oxygen atoms in total. The maximum absolute atomic E-state index is 12.1. The highest BCUT2D eigenvalue weighted by atomic mass is 35.5. The van der Waals surface area contributed by atoms with Gasteiger partial charge in [0, 0.05) is 31.1 Å². The fraction of sp³-hybridized carbons (Fsp3) is 0.471. The molecule has 1 atom stereocenters. The van der Waals surface area contributed by atoms with E-state index in [1.165, 1.54) is 0 Å². The molecule has 0 bridgehead atoms. The largest absolute Gasteiger partial charge is 0.466 e. The van der Waals surface area contributed by atoms with Crippen molar-refractivity contribution in [1.82, 2.24) is 15.5 Å². The second-order valence-corrected chi connectivity index (χ2v) is 6.13. The lowest BCUT2D eigenvalue weighted by Crippen LogP contribution is -2.43. The zero-order chi connectivity index (χ0) is 18.2. The first-order valence-electron chi connectivity index (χ1n) is 8.20. The normalized spacial score (nSPS) is 16.6. The molecule has 0 saturated carbocycles. The van der Waals surface area contributed by atoms with Gasteiger partial charge in [0.15, 0.2) is 0 Å². The molecule has 1 aliphatic heterocycles.